The van der Waals surface area contributed by atoms with Crippen LogP contribution in [0, 0.1) is 0 Å². The summed E-state index contributed by atoms with van der Waals surface area (Å²) in [4.78, 5) is 39.3. The largest absolute Gasteiger partial charge is 0.360 e. The SMILES string of the molecule is O=C(NCCn1c(=O)[nH]c2ccsc2c1=O)c1noc2c1CCCC2. The standard InChI is InChI=1S/C16H16N4O4S/c21-14(12-9-3-1-2-4-11(9)24-19-12)17-6-7-20-15(22)13-10(5-8-25-13)18-16(20)23/h5,8H,1-4,6-7H2,(H,17,21)(H,18,23). The molecular weight excluding hydrogens is 344 g/mol. The minimum absolute atomic E-state index is 0.0911. The Morgan fingerprint density at radius 1 is 1.36 bits per heavy atom. The molecule has 0 radical (unpaired) electrons. The summed E-state index contributed by atoms with van der Waals surface area (Å²) in [6, 6.07) is 1.70. The number of aromatic amines is 1. The molecule has 3 heterocycles. The number of aryl methyl sites for hydroxylation is 1. The van der Waals surface area contributed by atoms with E-state index in [-0.39, 0.29) is 24.6 Å². The van der Waals surface area contributed by atoms with E-state index in [2.05, 4.69) is 15.5 Å². The van der Waals surface area contributed by atoms with Gasteiger partial charge < -0.3 is 14.8 Å². The van der Waals surface area contributed by atoms with Crippen LogP contribution in [0.2, 0.25) is 0 Å². The average molecular weight is 360 g/mol. The highest BCUT2D eigenvalue weighted by molar-refractivity contribution is 7.17. The maximum Gasteiger partial charge on any atom is 0.328 e. The fourth-order valence-electron chi connectivity index (χ4n) is 3.10. The van der Waals surface area contributed by atoms with Gasteiger partial charge in [-0.25, -0.2) is 4.79 Å². The zero-order valence-corrected chi connectivity index (χ0v) is 14.1. The van der Waals surface area contributed by atoms with Gasteiger partial charge in [-0.1, -0.05) is 5.16 Å². The first kappa shape index (κ1) is 15.8. The van der Waals surface area contributed by atoms with Crippen LogP contribution >= 0.6 is 11.3 Å². The van der Waals surface area contributed by atoms with Crippen molar-refractivity contribution < 1.29 is 9.32 Å². The zero-order chi connectivity index (χ0) is 17.4. The maximum atomic E-state index is 12.3. The molecule has 8 nitrogen and oxygen atoms in total. The van der Waals surface area contributed by atoms with Gasteiger partial charge in [0.1, 0.15) is 10.5 Å². The van der Waals surface area contributed by atoms with Crippen LogP contribution < -0.4 is 16.6 Å². The van der Waals surface area contributed by atoms with E-state index < -0.39 is 5.69 Å². The van der Waals surface area contributed by atoms with E-state index in [0.29, 0.717) is 15.9 Å². The van der Waals surface area contributed by atoms with Crippen LogP contribution in [0.15, 0.2) is 25.6 Å². The lowest BCUT2D eigenvalue weighted by molar-refractivity contribution is 0.0942. The summed E-state index contributed by atoms with van der Waals surface area (Å²) in [6.07, 6.45) is 3.65. The van der Waals surface area contributed by atoms with Crippen molar-refractivity contribution in [3.05, 3.63) is 49.3 Å². The van der Waals surface area contributed by atoms with Gasteiger partial charge in [0.25, 0.3) is 11.5 Å². The number of hydrogen-bond donors (Lipinski definition) is 2. The van der Waals surface area contributed by atoms with Crippen molar-refractivity contribution in [3.8, 4) is 0 Å². The van der Waals surface area contributed by atoms with Gasteiger partial charge in [0.05, 0.1) is 5.52 Å². The maximum absolute atomic E-state index is 12.3. The lowest BCUT2D eigenvalue weighted by Crippen LogP contribution is -2.38. The number of nitrogens with zero attached hydrogens (tertiary/aromatic N) is 2. The van der Waals surface area contributed by atoms with Gasteiger partial charge in [0.15, 0.2) is 5.69 Å². The molecule has 0 unspecified atom stereocenters. The highest BCUT2D eigenvalue weighted by Gasteiger charge is 2.23. The fourth-order valence-corrected chi connectivity index (χ4v) is 3.90. The summed E-state index contributed by atoms with van der Waals surface area (Å²) >= 11 is 1.28. The molecule has 130 valence electrons. The summed E-state index contributed by atoms with van der Waals surface area (Å²) in [5, 5.41) is 8.33. The molecule has 1 aliphatic rings. The predicted octanol–water partition coefficient (Wildman–Crippen LogP) is 1.05. The lowest BCUT2D eigenvalue weighted by Gasteiger charge is -2.09. The molecule has 9 heteroatoms. The molecule has 1 aliphatic carbocycles. The number of thiophene rings is 1. The number of nitrogens with one attached hydrogen (secondary N) is 2. The number of H-pyrrole nitrogens is 1. The molecule has 0 bridgehead atoms. The molecule has 3 aromatic rings. The van der Waals surface area contributed by atoms with Crippen LogP contribution in [0.3, 0.4) is 0 Å². The lowest BCUT2D eigenvalue weighted by atomic mass is 9.96. The molecule has 0 saturated carbocycles. The summed E-state index contributed by atoms with van der Waals surface area (Å²) < 4.78 is 6.82. The van der Waals surface area contributed by atoms with Gasteiger partial charge in [-0.3, -0.25) is 14.2 Å². The normalized spacial score (nSPS) is 13.8. The number of carbonyl (C=O) groups is 1. The first-order valence-electron chi connectivity index (χ1n) is 8.11. The Balaban J connectivity index is 1.48. The monoisotopic (exact) mass is 360 g/mol. The summed E-state index contributed by atoms with van der Waals surface area (Å²) in [7, 11) is 0. The predicted molar refractivity (Wildman–Crippen MR) is 92.2 cm³/mol. The van der Waals surface area contributed by atoms with Crippen molar-refractivity contribution in [2.45, 2.75) is 32.2 Å². The summed E-state index contributed by atoms with van der Waals surface area (Å²) in [6.45, 7) is 0.244. The highest BCUT2D eigenvalue weighted by Crippen LogP contribution is 2.23. The molecule has 0 atom stereocenters. The highest BCUT2D eigenvalue weighted by atomic mass is 32.1. The number of aromatic nitrogens is 3. The Bertz CT molecular complexity index is 1060. The molecule has 25 heavy (non-hydrogen) atoms. The van der Waals surface area contributed by atoms with Crippen molar-refractivity contribution in [2.75, 3.05) is 6.54 Å². The van der Waals surface area contributed by atoms with E-state index >= 15 is 0 Å². The zero-order valence-electron chi connectivity index (χ0n) is 13.3. The Labute approximate surface area is 145 Å². The molecule has 4 rings (SSSR count). The smallest absolute Gasteiger partial charge is 0.328 e. The van der Waals surface area contributed by atoms with E-state index in [0.717, 1.165) is 41.6 Å². The van der Waals surface area contributed by atoms with Crippen molar-refractivity contribution in [3.63, 3.8) is 0 Å². The first-order chi connectivity index (χ1) is 12.1. The van der Waals surface area contributed by atoms with Crippen LogP contribution in [0.5, 0.6) is 0 Å². The second kappa shape index (κ2) is 6.32. The van der Waals surface area contributed by atoms with Crippen molar-refractivity contribution in [2.24, 2.45) is 0 Å². The van der Waals surface area contributed by atoms with Crippen LogP contribution in [-0.4, -0.2) is 27.2 Å². The fraction of sp³-hybridized carbons (Fsp3) is 0.375. The molecule has 0 aliphatic heterocycles. The molecular formula is C16H16N4O4S. The van der Waals surface area contributed by atoms with Gasteiger partial charge in [-0.2, -0.15) is 0 Å². The number of amides is 1. The molecule has 0 saturated heterocycles. The van der Waals surface area contributed by atoms with Gasteiger partial charge >= 0.3 is 5.69 Å². The second-order valence-electron chi connectivity index (χ2n) is 5.95. The number of carbonyl (C=O) groups excluding carboxylic acids is 1. The van der Waals surface area contributed by atoms with Gasteiger partial charge in [0, 0.05) is 25.1 Å². The summed E-state index contributed by atoms with van der Waals surface area (Å²) in [5.41, 5.74) is 0.892. The summed E-state index contributed by atoms with van der Waals surface area (Å²) in [5.74, 6) is 0.445. The third kappa shape index (κ3) is 2.80. The molecule has 0 spiro atoms. The van der Waals surface area contributed by atoms with Gasteiger partial charge in [0.2, 0.25) is 0 Å². The third-order valence-electron chi connectivity index (χ3n) is 4.38. The van der Waals surface area contributed by atoms with Crippen molar-refractivity contribution in [1.29, 1.82) is 0 Å². The van der Waals surface area contributed by atoms with Crippen LogP contribution in [-0.2, 0) is 19.4 Å². The third-order valence-corrected chi connectivity index (χ3v) is 5.28. The second-order valence-corrected chi connectivity index (χ2v) is 6.86. The van der Waals surface area contributed by atoms with E-state index in [1.165, 1.54) is 11.3 Å². The van der Waals surface area contributed by atoms with Crippen LogP contribution in [0.1, 0.15) is 34.7 Å². The Morgan fingerprint density at radius 3 is 3.08 bits per heavy atom. The minimum Gasteiger partial charge on any atom is -0.360 e. The first-order valence-corrected chi connectivity index (χ1v) is 8.99. The molecule has 0 aromatic carbocycles. The van der Waals surface area contributed by atoms with Gasteiger partial charge in [-0.15, -0.1) is 11.3 Å². The number of hydrogen-bond acceptors (Lipinski definition) is 6. The molecule has 2 N–H and O–H groups in total. The topological polar surface area (TPSA) is 110 Å². The van der Waals surface area contributed by atoms with E-state index in [1.54, 1.807) is 11.4 Å². The Kier molecular flexibility index (Phi) is 4.00. The van der Waals surface area contributed by atoms with E-state index in [4.69, 9.17) is 4.52 Å². The van der Waals surface area contributed by atoms with Gasteiger partial charge in [-0.05, 0) is 30.7 Å². The Morgan fingerprint density at radius 2 is 2.20 bits per heavy atom. The quantitative estimate of drug-likeness (QED) is 0.723. The molecule has 0 fully saturated rings. The number of rotatable bonds is 4. The van der Waals surface area contributed by atoms with Crippen molar-refractivity contribution >= 4 is 27.5 Å². The van der Waals surface area contributed by atoms with E-state index in [9.17, 15) is 14.4 Å². The average Bonchev–Trinajstić information content (AvgIpc) is 3.24. The minimum atomic E-state index is -0.482. The van der Waals surface area contributed by atoms with Crippen molar-refractivity contribution in [1.82, 2.24) is 20.0 Å². The van der Waals surface area contributed by atoms with Crippen LogP contribution in [0.25, 0.3) is 10.2 Å². The van der Waals surface area contributed by atoms with E-state index in [1.807, 2.05) is 0 Å². The molecule has 1 amide bonds. The number of fused-ring (bicyclic) bond motifs is 2. The van der Waals surface area contributed by atoms with Crippen LogP contribution in [0.4, 0.5) is 0 Å². The molecule has 3 aromatic heterocycles. The Hall–Kier alpha value is -2.68.